The monoisotopic (exact) mass is 407 g/mol. The van der Waals surface area contributed by atoms with Gasteiger partial charge in [0.2, 0.25) is 11.8 Å². The summed E-state index contributed by atoms with van der Waals surface area (Å²) in [7, 11) is 1.71. The first-order chi connectivity index (χ1) is 12.7. The van der Waals surface area contributed by atoms with Gasteiger partial charge in [-0.2, -0.15) is 0 Å². The summed E-state index contributed by atoms with van der Waals surface area (Å²) in [4.78, 5) is 26.5. The third kappa shape index (κ3) is 5.70. The average molecular weight is 408 g/mol. The van der Waals surface area contributed by atoms with Gasteiger partial charge in [0.15, 0.2) is 0 Å². The molecule has 5 nitrogen and oxygen atoms in total. The summed E-state index contributed by atoms with van der Waals surface area (Å²) >= 11 is 12.1. The molecule has 1 atom stereocenters. The molecule has 27 heavy (non-hydrogen) atoms. The van der Waals surface area contributed by atoms with Gasteiger partial charge in [-0.25, -0.2) is 0 Å². The highest BCUT2D eigenvalue weighted by atomic mass is 35.5. The molecule has 0 saturated carbocycles. The maximum absolute atomic E-state index is 12.5. The van der Waals surface area contributed by atoms with Crippen molar-refractivity contribution in [3.63, 3.8) is 0 Å². The van der Waals surface area contributed by atoms with Gasteiger partial charge in [0.25, 0.3) is 0 Å². The zero-order valence-electron chi connectivity index (χ0n) is 15.8. The van der Waals surface area contributed by atoms with Crippen LogP contribution in [0.3, 0.4) is 0 Å². The molecule has 1 unspecified atom stereocenters. The number of anilines is 2. The van der Waals surface area contributed by atoms with Crippen molar-refractivity contribution in [2.75, 3.05) is 24.2 Å². The van der Waals surface area contributed by atoms with E-state index in [0.717, 1.165) is 16.8 Å². The van der Waals surface area contributed by atoms with Gasteiger partial charge in [-0.1, -0.05) is 41.4 Å². The van der Waals surface area contributed by atoms with E-state index >= 15 is 0 Å². The Morgan fingerprint density at radius 3 is 2.33 bits per heavy atom. The normalized spacial score (nSPS) is 12.0. The zero-order valence-corrected chi connectivity index (χ0v) is 17.3. The number of para-hydroxylation sites is 1. The van der Waals surface area contributed by atoms with Crippen LogP contribution in [0.4, 0.5) is 11.4 Å². The van der Waals surface area contributed by atoms with Crippen molar-refractivity contribution in [3.05, 3.63) is 57.6 Å². The van der Waals surface area contributed by atoms with Crippen LogP contribution in [0.5, 0.6) is 0 Å². The Morgan fingerprint density at radius 2 is 1.70 bits per heavy atom. The van der Waals surface area contributed by atoms with Gasteiger partial charge in [0.1, 0.15) is 0 Å². The zero-order chi connectivity index (χ0) is 20.1. The molecule has 0 spiro atoms. The fraction of sp³-hybridized carbons (Fsp3) is 0.300. The number of likely N-dealkylation sites (N-methyl/N-ethyl adjacent to an activating group) is 1. The predicted octanol–water partition coefficient (Wildman–Crippen LogP) is 4.51. The second-order valence-corrected chi connectivity index (χ2v) is 7.36. The molecule has 0 bridgehead atoms. The highest BCUT2D eigenvalue weighted by Crippen LogP contribution is 2.29. The van der Waals surface area contributed by atoms with Gasteiger partial charge in [-0.05, 0) is 57.1 Å². The number of amides is 2. The molecular formula is C20H23Cl2N3O2. The van der Waals surface area contributed by atoms with Crippen molar-refractivity contribution >= 4 is 46.4 Å². The van der Waals surface area contributed by atoms with Crippen LogP contribution in [0.25, 0.3) is 0 Å². The minimum absolute atomic E-state index is 0.0168. The van der Waals surface area contributed by atoms with E-state index in [4.69, 9.17) is 23.2 Å². The number of nitrogens with zero attached hydrogens (tertiary/aromatic N) is 1. The van der Waals surface area contributed by atoms with E-state index in [2.05, 4.69) is 10.6 Å². The lowest BCUT2D eigenvalue weighted by atomic mass is 10.1. The molecule has 0 radical (unpaired) electrons. The molecule has 0 aliphatic rings. The van der Waals surface area contributed by atoms with Gasteiger partial charge >= 0.3 is 0 Å². The number of nitrogens with one attached hydrogen (secondary N) is 2. The average Bonchev–Trinajstić information content (AvgIpc) is 2.60. The molecule has 0 fully saturated rings. The second kappa shape index (κ2) is 9.22. The fourth-order valence-corrected chi connectivity index (χ4v) is 2.96. The van der Waals surface area contributed by atoms with Crippen molar-refractivity contribution < 1.29 is 9.59 Å². The molecule has 2 rings (SSSR count). The van der Waals surface area contributed by atoms with E-state index in [9.17, 15) is 9.59 Å². The summed E-state index contributed by atoms with van der Waals surface area (Å²) in [5.74, 6) is -0.492. The van der Waals surface area contributed by atoms with Crippen LogP contribution in [-0.4, -0.2) is 36.3 Å². The largest absolute Gasteiger partial charge is 0.324 e. The first-order valence-corrected chi connectivity index (χ1v) is 9.27. The van der Waals surface area contributed by atoms with Gasteiger partial charge < -0.3 is 10.6 Å². The quantitative estimate of drug-likeness (QED) is 0.740. The Morgan fingerprint density at radius 1 is 1.07 bits per heavy atom. The standard InChI is InChI=1S/C20H23Cl2N3O2/c1-12-8-9-13(2)17(10-12)23-20(27)14(3)25(4)11-18(26)24-19-15(21)6-5-7-16(19)22/h5-10,14H,11H2,1-4H3,(H,23,27)(H,24,26). The van der Waals surface area contributed by atoms with Crippen molar-refractivity contribution in [1.82, 2.24) is 4.90 Å². The second-order valence-electron chi connectivity index (χ2n) is 6.54. The van der Waals surface area contributed by atoms with Gasteiger partial charge in [-0.15, -0.1) is 0 Å². The van der Waals surface area contributed by atoms with Crippen LogP contribution in [0.15, 0.2) is 36.4 Å². The van der Waals surface area contributed by atoms with Crippen LogP contribution < -0.4 is 10.6 Å². The topological polar surface area (TPSA) is 61.4 Å². The predicted molar refractivity (Wildman–Crippen MR) is 112 cm³/mol. The summed E-state index contributed by atoms with van der Waals surface area (Å²) in [5, 5.41) is 6.33. The van der Waals surface area contributed by atoms with E-state index < -0.39 is 6.04 Å². The summed E-state index contributed by atoms with van der Waals surface area (Å²) in [6.45, 7) is 5.66. The van der Waals surface area contributed by atoms with Crippen LogP contribution in [0, 0.1) is 13.8 Å². The Bertz CT molecular complexity index is 835. The van der Waals surface area contributed by atoms with Crippen molar-refractivity contribution in [2.45, 2.75) is 26.8 Å². The molecular weight excluding hydrogens is 385 g/mol. The van der Waals surface area contributed by atoms with E-state index in [1.807, 2.05) is 32.0 Å². The summed E-state index contributed by atoms with van der Waals surface area (Å²) < 4.78 is 0. The molecule has 2 aromatic carbocycles. The number of halogens is 2. The molecule has 2 N–H and O–H groups in total. The minimum Gasteiger partial charge on any atom is -0.324 e. The maximum Gasteiger partial charge on any atom is 0.241 e. The molecule has 0 aliphatic carbocycles. The Balaban J connectivity index is 1.98. The molecule has 7 heteroatoms. The number of benzene rings is 2. The van der Waals surface area contributed by atoms with Crippen LogP contribution in [-0.2, 0) is 9.59 Å². The SMILES string of the molecule is Cc1ccc(C)c(NC(=O)C(C)N(C)CC(=O)Nc2c(Cl)cccc2Cl)c1. The smallest absolute Gasteiger partial charge is 0.241 e. The van der Waals surface area contributed by atoms with Crippen molar-refractivity contribution in [2.24, 2.45) is 0 Å². The third-order valence-electron chi connectivity index (χ3n) is 4.31. The Hall–Kier alpha value is -2.08. The molecule has 2 aromatic rings. The number of carbonyl (C=O) groups excluding carboxylic acids is 2. The number of hydrogen-bond donors (Lipinski definition) is 2. The lowest BCUT2D eigenvalue weighted by Crippen LogP contribution is -2.43. The first kappa shape index (κ1) is 21.2. The van der Waals surface area contributed by atoms with E-state index in [-0.39, 0.29) is 18.4 Å². The van der Waals surface area contributed by atoms with Crippen molar-refractivity contribution in [1.29, 1.82) is 0 Å². The van der Waals surface area contributed by atoms with Crippen LogP contribution in [0.1, 0.15) is 18.1 Å². The van der Waals surface area contributed by atoms with E-state index in [1.54, 1.807) is 37.1 Å². The Kier molecular flexibility index (Phi) is 7.25. The summed E-state index contributed by atoms with van der Waals surface area (Å²) in [6, 6.07) is 10.4. The molecule has 0 aromatic heterocycles. The van der Waals surface area contributed by atoms with E-state index in [0.29, 0.717) is 15.7 Å². The lowest BCUT2D eigenvalue weighted by molar-refractivity contribution is -0.122. The molecule has 144 valence electrons. The minimum atomic E-state index is -0.502. The number of hydrogen-bond acceptors (Lipinski definition) is 3. The third-order valence-corrected chi connectivity index (χ3v) is 4.94. The van der Waals surface area contributed by atoms with Gasteiger partial charge in [0.05, 0.1) is 28.3 Å². The number of carbonyl (C=O) groups is 2. The highest BCUT2D eigenvalue weighted by Gasteiger charge is 2.21. The summed E-state index contributed by atoms with van der Waals surface area (Å²) in [6.07, 6.45) is 0. The molecule has 0 heterocycles. The van der Waals surface area contributed by atoms with Gasteiger partial charge in [0, 0.05) is 5.69 Å². The Labute approximate surface area is 169 Å². The molecule has 2 amide bonds. The lowest BCUT2D eigenvalue weighted by Gasteiger charge is -2.24. The van der Waals surface area contributed by atoms with Crippen LogP contribution >= 0.6 is 23.2 Å². The van der Waals surface area contributed by atoms with Crippen LogP contribution in [0.2, 0.25) is 10.0 Å². The maximum atomic E-state index is 12.5. The fourth-order valence-electron chi connectivity index (χ4n) is 2.47. The molecule has 0 aliphatic heterocycles. The first-order valence-electron chi connectivity index (χ1n) is 8.51. The number of aryl methyl sites for hydroxylation is 2. The highest BCUT2D eigenvalue weighted by molar-refractivity contribution is 6.39. The van der Waals surface area contributed by atoms with E-state index in [1.165, 1.54) is 0 Å². The number of rotatable bonds is 6. The van der Waals surface area contributed by atoms with Gasteiger partial charge in [-0.3, -0.25) is 14.5 Å². The molecule has 0 saturated heterocycles. The summed E-state index contributed by atoms with van der Waals surface area (Å²) in [5.41, 5.74) is 3.18. The van der Waals surface area contributed by atoms with Crippen molar-refractivity contribution in [3.8, 4) is 0 Å².